The molecule has 1 atom stereocenters. The van der Waals surface area contributed by atoms with Crippen molar-refractivity contribution in [3.05, 3.63) is 27.1 Å². The number of alkyl halides is 3. The molecule has 14 heavy (non-hydrogen) atoms. The molecule has 0 amide bonds. The van der Waals surface area contributed by atoms with E-state index < -0.39 is 17.1 Å². The molecule has 78 valence electrons. The lowest BCUT2D eigenvalue weighted by Crippen LogP contribution is -2.27. The van der Waals surface area contributed by atoms with Crippen LogP contribution in [0.25, 0.3) is 0 Å². The average molecular weight is 226 g/mol. The van der Waals surface area contributed by atoms with E-state index in [0.29, 0.717) is 11.3 Å². The molecule has 0 saturated carbocycles. The Labute approximate surface area is 80.3 Å². The maximum absolute atomic E-state index is 12.1. The van der Waals surface area contributed by atoms with Crippen LogP contribution in [-0.2, 0) is 0 Å². The highest BCUT2D eigenvalue weighted by Crippen LogP contribution is 2.34. The van der Waals surface area contributed by atoms with Crippen molar-refractivity contribution in [1.29, 1.82) is 0 Å². The van der Waals surface area contributed by atoms with Crippen molar-refractivity contribution in [1.82, 2.24) is 0 Å². The standard InChI is InChI=1S/C6H5F3N2O2S/c7-6(8,9)5(10)3-1-4(11(12)13)14-2-3/h1-2,5H,10H2/t5-/m0/s1. The Morgan fingerprint density at radius 1 is 1.57 bits per heavy atom. The van der Waals surface area contributed by atoms with E-state index in [9.17, 15) is 23.3 Å². The first-order chi connectivity index (χ1) is 6.32. The topological polar surface area (TPSA) is 69.2 Å². The van der Waals surface area contributed by atoms with E-state index in [1.807, 2.05) is 0 Å². The summed E-state index contributed by atoms with van der Waals surface area (Å²) in [6.07, 6.45) is -4.57. The van der Waals surface area contributed by atoms with Crippen molar-refractivity contribution in [2.24, 2.45) is 5.73 Å². The van der Waals surface area contributed by atoms with Gasteiger partial charge in [-0.3, -0.25) is 10.1 Å². The fourth-order valence-corrected chi connectivity index (χ4v) is 1.55. The minimum atomic E-state index is -4.57. The molecular weight excluding hydrogens is 221 g/mol. The lowest BCUT2D eigenvalue weighted by atomic mass is 10.1. The Bertz CT molecular complexity index is 349. The molecule has 0 aromatic carbocycles. The molecule has 1 aromatic heterocycles. The first-order valence-corrected chi connectivity index (χ1v) is 4.25. The fraction of sp³-hybridized carbons (Fsp3) is 0.333. The third-order valence-electron chi connectivity index (χ3n) is 1.50. The molecule has 1 rings (SSSR count). The largest absolute Gasteiger partial charge is 0.407 e. The molecule has 0 aliphatic rings. The van der Waals surface area contributed by atoms with Gasteiger partial charge in [-0.15, -0.1) is 0 Å². The zero-order valence-corrected chi connectivity index (χ0v) is 7.43. The van der Waals surface area contributed by atoms with Gasteiger partial charge in [0.2, 0.25) is 0 Å². The van der Waals surface area contributed by atoms with Gasteiger partial charge < -0.3 is 5.73 Å². The van der Waals surface area contributed by atoms with Gasteiger partial charge in [0.15, 0.2) is 0 Å². The minimum Gasteiger partial charge on any atom is -0.316 e. The van der Waals surface area contributed by atoms with Crippen LogP contribution in [0.4, 0.5) is 18.2 Å². The Kier molecular flexibility index (Phi) is 2.76. The Balaban J connectivity index is 2.92. The molecular formula is C6H5F3N2O2S. The van der Waals surface area contributed by atoms with E-state index in [4.69, 9.17) is 5.73 Å². The molecule has 8 heteroatoms. The van der Waals surface area contributed by atoms with Crippen LogP contribution in [0, 0.1) is 10.1 Å². The van der Waals surface area contributed by atoms with Crippen LogP contribution in [-0.4, -0.2) is 11.1 Å². The Hall–Kier alpha value is -1.15. The minimum absolute atomic E-state index is 0.283. The van der Waals surface area contributed by atoms with Crippen molar-refractivity contribution >= 4 is 16.3 Å². The van der Waals surface area contributed by atoms with Crippen molar-refractivity contribution in [2.45, 2.75) is 12.2 Å². The summed E-state index contributed by atoms with van der Waals surface area (Å²) >= 11 is 0.623. The summed E-state index contributed by atoms with van der Waals surface area (Å²) in [6.45, 7) is 0. The summed E-state index contributed by atoms with van der Waals surface area (Å²) in [5, 5.41) is 10.9. The number of hydrogen-bond donors (Lipinski definition) is 1. The first-order valence-electron chi connectivity index (χ1n) is 3.37. The molecule has 0 aliphatic heterocycles. The van der Waals surface area contributed by atoms with Crippen molar-refractivity contribution in [2.75, 3.05) is 0 Å². The van der Waals surface area contributed by atoms with Gasteiger partial charge in [0.25, 0.3) is 0 Å². The summed E-state index contributed by atoms with van der Waals surface area (Å²) in [7, 11) is 0. The van der Waals surface area contributed by atoms with Crippen LogP contribution in [0.15, 0.2) is 11.4 Å². The van der Waals surface area contributed by atoms with Crippen LogP contribution in [0.5, 0.6) is 0 Å². The van der Waals surface area contributed by atoms with Gasteiger partial charge in [0, 0.05) is 11.4 Å². The highest BCUT2D eigenvalue weighted by Gasteiger charge is 2.38. The van der Waals surface area contributed by atoms with Crippen molar-refractivity contribution < 1.29 is 18.1 Å². The quantitative estimate of drug-likeness (QED) is 0.620. The molecule has 0 saturated heterocycles. The number of hydrogen-bond acceptors (Lipinski definition) is 4. The van der Waals surface area contributed by atoms with Crippen molar-refractivity contribution in [3.63, 3.8) is 0 Å². The van der Waals surface area contributed by atoms with E-state index in [2.05, 4.69) is 0 Å². The van der Waals surface area contributed by atoms with Gasteiger partial charge in [0.1, 0.15) is 6.04 Å². The van der Waals surface area contributed by atoms with Crippen LogP contribution >= 0.6 is 11.3 Å². The van der Waals surface area contributed by atoms with Crippen molar-refractivity contribution in [3.8, 4) is 0 Å². The summed E-state index contributed by atoms with van der Waals surface area (Å²) < 4.78 is 36.2. The van der Waals surface area contributed by atoms with Gasteiger partial charge >= 0.3 is 11.2 Å². The van der Waals surface area contributed by atoms with E-state index in [1.165, 1.54) is 0 Å². The summed E-state index contributed by atoms with van der Waals surface area (Å²) in [6, 6.07) is -1.32. The Morgan fingerprint density at radius 2 is 2.14 bits per heavy atom. The second-order valence-electron chi connectivity index (χ2n) is 2.49. The van der Waals surface area contributed by atoms with E-state index in [0.717, 1.165) is 11.4 Å². The number of nitro groups is 1. The van der Waals surface area contributed by atoms with Crippen LogP contribution in [0.3, 0.4) is 0 Å². The third kappa shape index (κ3) is 2.20. The predicted octanol–water partition coefficient (Wildman–Crippen LogP) is 2.22. The fourth-order valence-electron chi connectivity index (χ4n) is 0.787. The summed E-state index contributed by atoms with van der Waals surface area (Å²) in [4.78, 5) is 9.43. The number of thiophene rings is 1. The highest BCUT2D eigenvalue weighted by atomic mass is 32.1. The van der Waals surface area contributed by atoms with Gasteiger partial charge in [0.05, 0.1) is 4.92 Å². The normalized spacial score (nSPS) is 14.0. The van der Waals surface area contributed by atoms with E-state index in [1.54, 1.807) is 0 Å². The average Bonchev–Trinajstić information content (AvgIpc) is 2.48. The lowest BCUT2D eigenvalue weighted by molar-refractivity contribution is -0.380. The SMILES string of the molecule is N[C@@H](c1csc([N+](=O)[O-])c1)C(F)(F)F. The molecule has 0 radical (unpaired) electrons. The molecule has 0 bridgehead atoms. The number of rotatable bonds is 2. The zero-order chi connectivity index (χ0) is 10.9. The first kappa shape index (κ1) is 10.9. The lowest BCUT2D eigenvalue weighted by Gasteiger charge is -2.13. The summed E-state index contributed by atoms with van der Waals surface area (Å²) in [5.41, 5.74) is 4.56. The van der Waals surface area contributed by atoms with Crippen LogP contribution in [0.1, 0.15) is 11.6 Å². The number of nitrogens with zero attached hydrogens (tertiary/aromatic N) is 1. The van der Waals surface area contributed by atoms with Crippen LogP contribution < -0.4 is 5.73 Å². The maximum Gasteiger partial charge on any atom is 0.407 e. The molecule has 2 N–H and O–H groups in total. The highest BCUT2D eigenvalue weighted by molar-refractivity contribution is 7.13. The second kappa shape index (κ2) is 3.54. The zero-order valence-electron chi connectivity index (χ0n) is 6.62. The summed E-state index contributed by atoms with van der Waals surface area (Å²) in [5.74, 6) is 0. The monoisotopic (exact) mass is 226 g/mol. The molecule has 0 spiro atoms. The van der Waals surface area contributed by atoms with E-state index in [-0.39, 0.29) is 10.6 Å². The molecule has 0 fully saturated rings. The smallest absolute Gasteiger partial charge is 0.316 e. The molecule has 0 aliphatic carbocycles. The van der Waals surface area contributed by atoms with Gasteiger partial charge in [-0.05, 0) is 5.56 Å². The van der Waals surface area contributed by atoms with Gasteiger partial charge in [-0.1, -0.05) is 11.3 Å². The van der Waals surface area contributed by atoms with Gasteiger partial charge in [-0.25, -0.2) is 0 Å². The second-order valence-corrected chi connectivity index (χ2v) is 3.38. The Morgan fingerprint density at radius 3 is 2.50 bits per heavy atom. The molecule has 1 aromatic rings. The number of halogens is 3. The van der Waals surface area contributed by atoms with E-state index >= 15 is 0 Å². The van der Waals surface area contributed by atoms with Crippen LogP contribution in [0.2, 0.25) is 0 Å². The third-order valence-corrected chi connectivity index (χ3v) is 2.40. The maximum atomic E-state index is 12.1. The predicted molar refractivity (Wildman–Crippen MR) is 44.0 cm³/mol. The van der Waals surface area contributed by atoms with Gasteiger partial charge in [-0.2, -0.15) is 13.2 Å². The molecule has 0 unspecified atom stereocenters. The number of nitrogens with two attached hydrogens (primary N) is 1. The molecule has 4 nitrogen and oxygen atoms in total. The molecule has 1 heterocycles.